The standard InChI is InChI=1S/C20H29N3O3S/c1-2-11-21-12-7-13-22(16-15-21)20(24)18-8-6-14-23(17-18)27(25,26)19-9-4-3-5-10-19/h2-5,9-10,18H,1,6-8,11-17H2. The monoisotopic (exact) mass is 391 g/mol. The van der Waals surface area contributed by atoms with Crippen molar-refractivity contribution in [1.82, 2.24) is 14.1 Å². The van der Waals surface area contributed by atoms with Crippen molar-refractivity contribution in [2.45, 2.75) is 24.2 Å². The SMILES string of the molecule is C=CCN1CCCN(C(=O)C2CCCN(S(=O)(=O)c3ccccc3)C2)CC1. The van der Waals surface area contributed by atoms with Gasteiger partial charge in [0, 0.05) is 45.8 Å². The van der Waals surface area contributed by atoms with E-state index in [0.717, 1.165) is 45.4 Å². The summed E-state index contributed by atoms with van der Waals surface area (Å²) in [5, 5.41) is 0. The van der Waals surface area contributed by atoms with E-state index in [2.05, 4.69) is 11.5 Å². The second-order valence-corrected chi connectivity index (χ2v) is 9.22. The van der Waals surface area contributed by atoms with Gasteiger partial charge in [0.2, 0.25) is 15.9 Å². The van der Waals surface area contributed by atoms with Gasteiger partial charge in [0.1, 0.15) is 0 Å². The molecule has 0 spiro atoms. The third-order valence-electron chi connectivity index (χ3n) is 5.40. The third kappa shape index (κ3) is 4.78. The van der Waals surface area contributed by atoms with Gasteiger partial charge in [-0.1, -0.05) is 24.3 Å². The first-order chi connectivity index (χ1) is 13.0. The van der Waals surface area contributed by atoms with E-state index in [1.54, 1.807) is 30.3 Å². The van der Waals surface area contributed by atoms with Crippen molar-refractivity contribution in [3.8, 4) is 0 Å². The molecule has 2 aliphatic heterocycles. The van der Waals surface area contributed by atoms with Crippen LogP contribution >= 0.6 is 0 Å². The number of nitrogens with zero attached hydrogens (tertiary/aromatic N) is 3. The van der Waals surface area contributed by atoms with Crippen LogP contribution in [0.5, 0.6) is 0 Å². The van der Waals surface area contributed by atoms with Gasteiger partial charge in [-0.15, -0.1) is 6.58 Å². The number of rotatable bonds is 5. The molecule has 1 aromatic rings. The summed E-state index contributed by atoms with van der Waals surface area (Å²) in [7, 11) is -3.54. The van der Waals surface area contributed by atoms with Gasteiger partial charge < -0.3 is 4.90 Å². The maximum atomic E-state index is 13.0. The van der Waals surface area contributed by atoms with Gasteiger partial charge in [0.25, 0.3) is 0 Å². The zero-order valence-electron chi connectivity index (χ0n) is 15.8. The third-order valence-corrected chi connectivity index (χ3v) is 7.28. The Bertz CT molecular complexity index is 751. The number of carbonyl (C=O) groups is 1. The van der Waals surface area contributed by atoms with Gasteiger partial charge in [-0.25, -0.2) is 8.42 Å². The van der Waals surface area contributed by atoms with Gasteiger partial charge in [-0.05, 0) is 31.4 Å². The van der Waals surface area contributed by atoms with Crippen molar-refractivity contribution >= 4 is 15.9 Å². The van der Waals surface area contributed by atoms with Crippen LogP contribution in [0.1, 0.15) is 19.3 Å². The molecule has 1 atom stereocenters. The van der Waals surface area contributed by atoms with Gasteiger partial charge in [0.05, 0.1) is 10.8 Å². The summed E-state index contributed by atoms with van der Waals surface area (Å²) in [5.74, 6) is -0.147. The van der Waals surface area contributed by atoms with Crippen LogP contribution in [0, 0.1) is 5.92 Å². The molecule has 0 saturated carbocycles. The fourth-order valence-corrected chi connectivity index (χ4v) is 5.46. The molecule has 6 nitrogen and oxygen atoms in total. The smallest absolute Gasteiger partial charge is 0.243 e. The Kier molecular flexibility index (Phi) is 6.68. The molecule has 0 bridgehead atoms. The van der Waals surface area contributed by atoms with Crippen molar-refractivity contribution in [2.24, 2.45) is 5.92 Å². The lowest BCUT2D eigenvalue weighted by Crippen LogP contribution is -2.47. The number of piperidine rings is 1. The molecule has 2 heterocycles. The highest BCUT2D eigenvalue weighted by molar-refractivity contribution is 7.89. The zero-order chi connectivity index (χ0) is 19.3. The number of hydrogen-bond donors (Lipinski definition) is 0. The molecule has 0 N–H and O–H groups in total. The molecule has 2 fully saturated rings. The quantitative estimate of drug-likeness (QED) is 0.718. The first-order valence-corrected chi connectivity index (χ1v) is 11.1. The van der Waals surface area contributed by atoms with Gasteiger partial charge in [-0.3, -0.25) is 9.69 Å². The van der Waals surface area contributed by atoms with Crippen molar-refractivity contribution in [1.29, 1.82) is 0 Å². The highest BCUT2D eigenvalue weighted by Crippen LogP contribution is 2.25. The summed E-state index contributed by atoms with van der Waals surface area (Å²) in [5.41, 5.74) is 0. The van der Waals surface area contributed by atoms with Crippen LogP contribution in [0.25, 0.3) is 0 Å². The molecule has 27 heavy (non-hydrogen) atoms. The fraction of sp³-hybridized carbons (Fsp3) is 0.550. The average Bonchev–Trinajstić information content (AvgIpc) is 2.94. The highest BCUT2D eigenvalue weighted by atomic mass is 32.2. The lowest BCUT2D eigenvalue weighted by Gasteiger charge is -2.34. The fourth-order valence-electron chi connectivity index (χ4n) is 3.92. The number of carbonyl (C=O) groups excluding carboxylic acids is 1. The van der Waals surface area contributed by atoms with Crippen molar-refractivity contribution < 1.29 is 13.2 Å². The highest BCUT2D eigenvalue weighted by Gasteiger charge is 2.35. The Labute approximate surface area is 162 Å². The molecule has 2 saturated heterocycles. The molecule has 1 amide bonds. The Morgan fingerprint density at radius 3 is 2.59 bits per heavy atom. The van der Waals surface area contributed by atoms with E-state index in [9.17, 15) is 13.2 Å². The Morgan fingerprint density at radius 2 is 1.85 bits per heavy atom. The molecular formula is C20H29N3O3S. The van der Waals surface area contributed by atoms with Crippen LogP contribution < -0.4 is 0 Å². The van der Waals surface area contributed by atoms with Gasteiger partial charge in [-0.2, -0.15) is 4.31 Å². The molecule has 0 aromatic heterocycles. The maximum absolute atomic E-state index is 13.0. The molecule has 0 aliphatic carbocycles. The van der Waals surface area contributed by atoms with Crippen molar-refractivity contribution in [3.63, 3.8) is 0 Å². The molecule has 7 heteroatoms. The first-order valence-electron chi connectivity index (χ1n) is 9.69. The lowest BCUT2D eigenvalue weighted by molar-refractivity contribution is -0.136. The molecule has 0 radical (unpaired) electrons. The number of sulfonamides is 1. The Morgan fingerprint density at radius 1 is 1.07 bits per heavy atom. The van der Waals surface area contributed by atoms with E-state index in [-0.39, 0.29) is 18.4 Å². The van der Waals surface area contributed by atoms with Crippen LogP contribution in [0.4, 0.5) is 0 Å². The molecule has 1 unspecified atom stereocenters. The normalized spacial score (nSPS) is 23.0. The Balaban J connectivity index is 1.65. The first kappa shape index (κ1) is 20.0. The van der Waals surface area contributed by atoms with Crippen LogP contribution in [-0.4, -0.2) is 74.2 Å². The predicted molar refractivity (Wildman–Crippen MR) is 106 cm³/mol. The number of hydrogen-bond acceptors (Lipinski definition) is 4. The summed E-state index contributed by atoms with van der Waals surface area (Å²) in [4.78, 5) is 17.6. The molecular weight excluding hydrogens is 362 g/mol. The van der Waals surface area contributed by atoms with E-state index in [1.165, 1.54) is 4.31 Å². The molecule has 1 aromatic carbocycles. The minimum Gasteiger partial charge on any atom is -0.341 e. The molecule has 2 aliphatic rings. The summed E-state index contributed by atoms with van der Waals surface area (Å²) in [6.45, 7) is 8.65. The summed E-state index contributed by atoms with van der Waals surface area (Å²) in [6, 6.07) is 8.49. The predicted octanol–water partition coefficient (Wildman–Crippen LogP) is 1.81. The van der Waals surface area contributed by atoms with E-state index < -0.39 is 10.0 Å². The topological polar surface area (TPSA) is 60.9 Å². The summed E-state index contributed by atoms with van der Waals surface area (Å²) in [6.07, 6.45) is 4.31. The van der Waals surface area contributed by atoms with E-state index in [4.69, 9.17) is 0 Å². The second kappa shape index (κ2) is 8.99. The van der Waals surface area contributed by atoms with Crippen LogP contribution in [0.3, 0.4) is 0 Å². The van der Waals surface area contributed by atoms with Crippen LogP contribution in [0.15, 0.2) is 47.9 Å². The lowest BCUT2D eigenvalue weighted by atomic mass is 9.98. The number of benzene rings is 1. The van der Waals surface area contributed by atoms with Crippen molar-refractivity contribution in [2.75, 3.05) is 45.8 Å². The maximum Gasteiger partial charge on any atom is 0.243 e. The van der Waals surface area contributed by atoms with Gasteiger partial charge >= 0.3 is 0 Å². The van der Waals surface area contributed by atoms with Crippen LogP contribution in [0.2, 0.25) is 0 Å². The second-order valence-electron chi connectivity index (χ2n) is 7.28. The molecule has 3 rings (SSSR count). The van der Waals surface area contributed by atoms with E-state index >= 15 is 0 Å². The van der Waals surface area contributed by atoms with Gasteiger partial charge in [0.15, 0.2) is 0 Å². The van der Waals surface area contributed by atoms with E-state index in [1.807, 2.05) is 11.0 Å². The Hall–Kier alpha value is -1.70. The van der Waals surface area contributed by atoms with E-state index in [0.29, 0.717) is 18.0 Å². The van der Waals surface area contributed by atoms with Crippen molar-refractivity contribution in [3.05, 3.63) is 43.0 Å². The minimum atomic E-state index is -3.54. The minimum absolute atomic E-state index is 0.100. The zero-order valence-corrected chi connectivity index (χ0v) is 16.6. The largest absolute Gasteiger partial charge is 0.341 e. The number of amides is 1. The summed E-state index contributed by atoms with van der Waals surface area (Å²) < 4.78 is 27.3. The molecule has 148 valence electrons. The summed E-state index contributed by atoms with van der Waals surface area (Å²) >= 11 is 0. The van der Waals surface area contributed by atoms with Crippen LogP contribution in [-0.2, 0) is 14.8 Å². The average molecular weight is 392 g/mol.